The first kappa shape index (κ1) is 17.6. The quantitative estimate of drug-likeness (QED) is 0.306. The maximum absolute atomic E-state index is 5.03. The zero-order valence-corrected chi connectivity index (χ0v) is 17.9. The number of benzene rings is 4. The van der Waals surface area contributed by atoms with Gasteiger partial charge in [0.25, 0.3) is 0 Å². The number of nitrogens with zero attached hydrogens (tertiary/aromatic N) is 2. The van der Waals surface area contributed by atoms with Gasteiger partial charge in [0.1, 0.15) is 0 Å². The summed E-state index contributed by atoms with van der Waals surface area (Å²) in [5.74, 6) is 0.714. The first-order chi connectivity index (χ1) is 15.8. The van der Waals surface area contributed by atoms with Crippen molar-refractivity contribution >= 4 is 53.3 Å². The third-order valence-electron chi connectivity index (χ3n) is 6.03. The number of aromatic amines is 1. The Kier molecular flexibility index (Phi) is 3.72. The second-order valence-corrected chi connectivity index (χ2v) is 9.05. The van der Waals surface area contributed by atoms with E-state index in [0.29, 0.717) is 5.82 Å². The first-order valence-electron chi connectivity index (χ1n) is 10.6. The Morgan fingerprint density at radius 2 is 1.44 bits per heavy atom. The molecular formula is C28H17N3S. The fourth-order valence-corrected chi connectivity index (χ4v) is 5.66. The van der Waals surface area contributed by atoms with E-state index >= 15 is 0 Å². The molecule has 0 aliphatic rings. The summed E-state index contributed by atoms with van der Waals surface area (Å²) in [7, 11) is 0. The average Bonchev–Trinajstić information content (AvgIpc) is 3.45. The van der Waals surface area contributed by atoms with Crippen molar-refractivity contribution < 1.29 is 0 Å². The molecule has 4 aromatic carbocycles. The molecule has 7 aromatic rings. The van der Waals surface area contributed by atoms with Crippen LogP contribution in [-0.2, 0) is 0 Å². The molecule has 0 saturated heterocycles. The van der Waals surface area contributed by atoms with Crippen LogP contribution < -0.4 is 0 Å². The summed E-state index contributed by atoms with van der Waals surface area (Å²) in [5.41, 5.74) is 5.07. The molecule has 0 saturated carbocycles. The maximum atomic E-state index is 5.03. The molecule has 0 bridgehead atoms. The number of para-hydroxylation sites is 1. The summed E-state index contributed by atoms with van der Waals surface area (Å²) in [4.78, 5) is 13.6. The normalized spacial score (nSPS) is 11.8. The molecule has 3 nitrogen and oxygen atoms in total. The van der Waals surface area contributed by atoms with Gasteiger partial charge in [-0.1, -0.05) is 72.8 Å². The zero-order chi connectivity index (χ0) is 21.1. The van der Waals surface area contributed by atoms with Gasteiger partial charge in [-0.15, -0.1) is 11.3 Å². The minimum Gasteiger partial charge on any atom is -0.351 e. The van der Waals surface area contributed by atoms with Crippen molar-refractivity contribution in [3.8, 4) is 22.8 Å². The third-order valence-corrected chi connectivity index (χ3v) is 7.16. The van der Waals surface area contributed by atoms with Crippen LogP contribution in [0.5, 0.6) is 0 Å². The highest BCUT2D eigenvalue weighted by atomic mass is 32.1. The molecule has 4 heteroatoms. The molecule has 0 unspecified atom stereocenters. The predicted molar refractivity (Wildman–Crippen MR) is 135 cm³/mol. The summed E-state index contributed by atoms with van der Waals surface area (Å²) in [6.07, 6.45) is 0. The molecule has 0 spiro atoms. The second-order valence-electron chi connectivity index (χ2n) is 7.96. The number of rotatable bonds is 2. The predicted octanol–water partition coefficient (Wildman–Crippen LogP) is 7.81. The van der Waals surface area contributed by atoms with Gasteiger partial charge >= 0.3 is 0 Å². The summed E-state index contributed by atoms with van der Waals surface area (Å²) >= 11 is 1.83. The Hall–Kier alpha value is -4.02. The van der Waals surface area contributed by atoms with Crippen molar-refractivity contribution in [2.24, 2.45) is 0 Å². The van der Waals surface area contributed by atoms with Crippen molar-refractivity contribution in [1.82, 2.24) is 15.0 Å². The molecule has 0 aliphatic carbocycles. The maximum Gasteiger partial charge on any atom is 0.177 e. The number of hydrogen-bond acceptors (Lipinski definition) is 3. The number of hydrogen-bond donors (Lipinski definition) is 1. The van der Waals surface area contributed by atoms with Gasteiger partial charge in [0, 0.05) is 36.5 Å². The molecule has 7 rings (SSSR count). The van der Waals surface area contributed by atoms with Gasteiger partial charge in [0.05, 0.1) is 22.4 Å². The molecule has 3 aromatic heterocycles. The van der Waals surface area contributed by atoms with Crippen molar-refractivity contribution in [3.63, 3.8) is 0 Å². The molecule has 3 heterocycles. The number of thiophene rings is 1. The summed E-state index contributed by atoms with van der Waals surface area (Å²) < 4.78 is 2.59. The van der Waals surface area contributed by atoms with Crippen molar-refractivity contribution in [3.05, 3.63) is 97.1 Å². The van der Waals surface area contributed by atoms with E-state index in [1.54, 1.807) is 0 Å². The molecule has 0 atom stereocenters. The summed E-state index contributed by atoms with van der Waals surface area (Å²) in [5, 5.41) is 4.80. The summed E-state index contributed by atoms with van der Waals surface area (Å²) in [6.45, 7) is 0. The molecule has 0 aliphatic heterocycles. The fraction of sp³-hybridized carbons (Fsp3) is 0. The molecule has 150 valence electrons. The number of nitrogens with one attached hydrogen (secondary N) is 1. The monoisotopic (exact) mass is 427 g/mol. The largest absolute Gasteiger partial charge is 0.351 e. The second kappa shape index (κ2) is 6.74. The SMILES string of the molecule is c1ccc(-c2nc(-c3cc4ccc5sc6ccccc6c5c4[nH]3)nc3ccccc23)cc1. The smallest absolute Gasteiger partial charge is 0.177 e. The summed E-state index contributed by atoms with van der Waals surface area (Å²) in [6, 6.07) is 33.7. The molecule has 1 N–H and O–H groups in total. The van der Waals surface area contributed by atoms with Crippen LogP contribution in [0.2, 0.25) is 0 Å². The van der Waals surface area contributed by atoms with Crippen LogP contribution in [0.4, 0.5) is 0 Å². The lowest BCUT2D eigenvalue weighted by molar-refractivity contribution is 1.20. The lowest BCUT2D eigenvalue weighted by Crippen LogP contribution is -1.95. The molecule has 0 fully saturated rings. The van der Waals surface area contributed by atoms with E-state index < -0.39 is 0 Å². The Labute approximate surface area is 188 Å². The Morgan fingerprint density at radius 1 is 0.656 bits per heavy atom. The molecule has 32 heavy (non-hydrogen) atoms. The zero-order valence-electron chi connectivity index (χ0n) is 17.0. The van der Waals surface area contributed by atoms with E-state index in [9.17, 15) is 0 Å². The van der Waals surface area contributed by atoms with Gasteiger partial charge in [0.2, 0.25) is 0 Å². The van der Waals surface area contributed by atoms with E-state index in [2.05, 4.69) is 71.7 Å². The lowest BCUT2D eigenvalue weighted by Gasteiger charge is -2.08. The topological polar surface area (TPSA) is 41.6 Å². The van der Waals surface area contributed by atoms with E-state index in [-0.39, 0.29) is 0 Å². The van der Waals surface area contributed by atoms with Crippen LogP contribution in [0.15, 0.2) is 97.1 Å². The minimum absolute atomic E-state index is 0.714. The Balaban J connectivity index is 1.51. The fourth-order valence-electron chi connectivity index (χ4n) is 4.55. The van der Waals surface area contributed by atoms with E-state index in [0.717, 1.165) is 33.4 Å². The van der Waals surface area contributed by atoms with Crippen molar-refractivity contribution in [2.75, 3.05) is 0 Å². The number of fused-ring (bicyclic) bond motifs is 6. The average molecular weight is 428 g/mol. The number of H-pyrrole nitrogens is 1. The number of aromatic nitrogens is 3. The van der Waals surface area contributed by atoms with E-state index in [4.69, 9.17) is 9.97 Å². The highest BCUT2D eigenvalue weighted by molar-refractivity contribution is 7.26. The van der Waals surface area contributed by atoms with Crippen LogP contribution in [0.1, 0.15) is 0 Å². The molecule has 0 amide bonds. The van der Waals surface area contributed by atoms with Gasteiger partial charge in [-0.3, -0.25) is 0 Å². The van der Waals surface area contributed by atoms with Gasteiger partial charge in [-0.05, 0) is 24.3 Å². The van der Waals surface area contributed by atoms with Crippen LogP contribution in [0, 0.1) is 0 Å². The van der Waals surface area contributed by atoms with Crippen LogP contribution in [0.3, 0.4) is 0 Å². The Morgan fingerprint density at radius 3 is 2.34 bits per heavy atom. The third kappa shape index (κ3) is 2.60. The van der Waals surface area contributed by atoms with E-state index in [1.807, 2.05) is 41.7 Å². The Bertz CT molecular complexity index is 1780. The first-order valence-corrected chi connectivity index (χ1v) is 11.4. The van der Waals surface area contributed by atoms with Crippen LogP contribution in [-0.4, -0.2) is 15.0 Å². The highest BCUT2D eigenvalue weighted by Crippen LogP contribution is 2.39. The standard InChI is InChI=1S/C28H17N3S/c1-2-8-17(9-3-1)26-19-10-4-6-12-21(19)30-28(31-26)22-16-18-14-15-24-25(27(18)29-22)20-11-5-7-13-23(20)32-24/h1-16,29H. The van der Waals surface area contributed by atoms with E-state index in [1.165, 1.54) is 25.6 Å². The highest BCUT2D eigenvalue weighted by Gasteiger charge is 2.15. The van der Waals surface area contributed by atoms with Crippen LogP contribution in [0.25, 0.3) is 64.8 Å². The molecular weight excluding hydrogens is 410 g/mol. The van der Waals surface area contributed by atoms with Gasteiger partial charge in [0.15, 0.2) is 5.82 Å². The van der Waals surface area contributed by atoms with Crippen molar-refractivity contribution in [2.45, 2.75) is 0 Å². The van der Waals surface area contributed by atoms with Gasteiger partial charge in [-0.25, -0.2) is 9.97 Å². The van der Waals surface area contributed by atoms with Gasteiger partial charge < -0.3 is 4.98 Å². The lowest BCUT2D eigenvalue weighted by atomic mass is 10.1. The van der Waals surface area contributed by atoms with Crippen molar-refractivity contribution in [1.29, 1.82) is 0 Å². The minimum atomic E-state index is 0.714. The van der Waals surface area contributed by atoms with Crippen LogP contribution >= 0.6 is 11.3 Å². The van der Waals surface area contributed by atoms with Gasteiger partial charge in [-0.2, -0.15) is 0 Å². The molecule has 0 radical (unpaired) electrons.